The van der Waals surface area contributed by atoms with Crippen molar-refractivity contribution in [2.75, 3.05) is 31.9 Å². The van der Waals surface area contributed by atoms with Crippen molar-refractivity contribution in [3.05, 3.63) is 0 Å². The van der Waals surface area contributed by atoms with Crippen molar-refractivity contribution >= 4 is 15.9 Å². The molecule has 0 spiro atoms. The Kier molecular flexibility index (Phi) is 4.49. The van der Waals surface area contributed by atoms with Crippen molar-refractivity contribution in [3.8, 4) is 0 Å². The average Bonchev–Trinajstić information content (AvgIpc) is 2.40. The van der Waals surface area contributed by atoms with E-state index in [2.05, 4.69) is 5.32 Å². The lowest BCUT2D eigenvalue weighted by Gasteiger charge is -2.18. The van der Waals surface area contributed by atoms with Crippen LogP contribution in [0.2, 0.25) is 0 Å². The summed E-state index contributed by atoms with van der Waals surface area (Å²) >= 11 is 0. The van der Waals surface area contributed by atoms with Crippen molar-refractivity contribution in [1.29, 1.82) is 0 Å². The van der Waals surface area contributed by atoms with Crippen LogP contribution in [0.5, 0.6) is 0 Å². The Hall–Kier alpha value is -0.660. The largest absolute Gasteiger partial charge is 0.355 e. The van der Waals surface area contributed by atoms with Gasteiger partial charge < -0.3 is 11.1 Å². The molecule has 1 saturated heterocycles. The molecule has 88 valence electrons. The fourth-order valence-corrected chi connectivity index (χ4v) is 2.95. The molecule has 15 heavy (non-hydrogen) atoms. The molecule has 0 aromatic carbocycles. The number of carbonyl (C=O) groups excluding carboxylic acids is 1. The predicted octanol–water partition coefficient (Wildman–Crippen LogP) is -1.51. The van der Waals surface area contributed by atoms with Gasteiger partial charge in [-0.3, -0.25) is 4.79 Å². The lowest BCUT2D eigenvalue weighted by atomic mass is 10.4. The number of hydrogen-bond acceptors (Lipinski definition) is 4. The first kappa shape index (κ1) is 12.4. The number of amides is 1. The number of hydrogen-bond donors (Lipinski definition) is 2. The molecule has 0 aromatic rings. The molecule has 6 nitrogen and oxygen atoms in total. The summed E-state index contributed by atoms with van der Waals surface area (Å²) in [6.07, 6.45) is 0.696. The zero-order valence-corrected chi connectivity index (χ0v) is 9.42. The first-order valence-corrected chi connectivity index (χ1v) is 6.62. The maximum absolute atomic E-state index is 11.7. The van der Waals surface area contributed by atoms with E-state index in [1.807, 2.05) is 0 Å². The van der Waals surface area contributed by atoms with Crippen LogP contribution in [-0.4, -0.2) is 50.6 Å². The SMILES string of the molecule is NCCCS(=O)(=O)N1CCNC(=O)CC1. The van der Waals surface area contributed by atoms with E-state index >= 15 is 0 Å². The van der Waals surface area contributed by atoms with Crippen LogP contribution < -0.4 is 11.1 Å². The Morgan fingerprint density at radius 3 is 2.80 bits per heavy atom. The standard InChI is InChI=1S/C8H17N3O3S/c9-3-1-7-15(13,14)11-5-2-8(12)10-4-6-11/h1-7,9H2,(H,10,12). The predicted molar refractivity (Wildman–Crippen MR) is 56.7 cm³/mol. The highest BCUT2D eigenvalue weighted by Crippen LogP contribution is 2.06. The summed E-state index contributed by atoms with van der Waals surface area (Å²) in [6.45, 7) is 1.39. The Morgan fingerprint density at radius 2 is 2.13 bits per heavy atom. The third kappa shape index (κ3) is 3.77. The first-order chi connectivity index (χ1) is 7.06. The fraction of sp³-hybridized carbons (Fsp3) is 0.875. The number of nitrogens with one attached hydrogen (secondary N) is 1. The van der Waals surface area contributed by atoms with Crippen LogP contribution in [0.4, 0.5) is 0 Å². The second-order valence-corrected chi connectivity index (χ2v) is 5.55. The Labute approximate surface area is 89.9 Å². The van der Waals surface area contributed by atoms with E-state index in [4.69, 9.17) is 5.73 Å². The molecule has 1 rings (SSSR count). The number of sulfonamides is 1. The summed E-state index contributed by atoms with van der Waals surface area (Å²) in [5, 5.41) is 2.63. The summed E-state index contributed by atoms with van der Waals surface area (Å²) in [4.78, 5) is 11.0. The van der Waals surface area contributed by atoms with Crippen molar-refractivity contribution in [2.45, 2.75) is 12.8 Å². The molecular weight excluding hydrogens is 218 g/mol. The second kappa shape index (κ2) is 5.43. The van der Waals surface area contributed by atoms with E-state index in [1.165, 1.54) is 4.31 Å². The van der Waals surface area contributed by atoms with Gasteiger partial charge in [0.05, 0.1) is 5.75 Å². The van der Waals surface area contributed by atoms with Crippen LogP contribution in [0.15, 0.2) is 0 Å². The number of carbonyl (C=O) groups is 1. The van der Waals surface area contributed by atoms with E-state index in [9.17, 15) is 13.2 Å². The van der Waals surface area contributed by atoms with Gasteiger partial charge in [-0.25, -0.2) is 8.42 Å². The third-order valence-electron chi connectivity index (χ3n) is 2.27. The van der Waals surface area contributed by atoms with E-state index in [-0.39, 0.29) is 24.6 Å². The molecule has 0 bridgehead atoms. The summed E-state index contributed by atoms with van der Waals surface area (Å²) in [5.74, 6) is -0.0240. The van der Waals surface area contributed by atoms with Crippen LogP contribution >= 0.6 is 0 Å². The highest BCUT2D eigenvalue weighted by molar-refractivity contribution is 7.89. The summed E-state index contributed by atoms with van der Waals surface area (Å²) in [5.41, 5.74) is 5.27. The van der Waals surface area contributed by atoms with E-state index in [0.717, 1.165) is 0 Å². The fourth-order valence-electron chi connectivity index (χ4n) is 1.42. The molecule has 1 fully saturated rings. The van der Waals surface area contributed by atoms with Gasteiger partial charge in [0.1, 0.15) is 0 Å². The molecule has 0 aliphatic carbocycles. The molecular formula is C8H17N3O3S. The van der Waals surface area contributed by atoms with Gasteiger partial charge in [-0.2, -0.15) is 4.31 Å². The molecule has 1 aliphatic heterocycles. The van der Waals surface area contributed by atoms with Gasteiger partial charge in [-0.05, 0) is 13.0 Å². The molecule has 1 aliphatic rings. The Bertz CT molecular complexity index is 315. The molecule has 0 atom stereocenters. The van der Waals surface area contributed by atoms with Gasteiger partial charge in [-0.15, -0.1) is 0 Å². The quantitative estimate of drug-likeness (QED) is 0.619. The Morgan fingerprint density at radius 1 is 1.40 bits per heavy atom. The zero-order chi connectivity index (χ0) is 11.3. The van der Waals surface area contributed by atoms with Gasteiger partial charge in [0.2, 0.25) is 15.9 Å². The van der Waals surface area contributed by atoms with Crippen LogP contribution in [0.1, 0.15) is 12.8 Å². The molecule has 0 radical (unpaired) electrons. The lowest BCUT2D eigenvalue weighted by Crippen LogP contribution is -2.36. The summed E-state index contributed by atoms with van der Waals surface area (Å²) in [7, 11) is -3.23. The van der Waals surface area contributed by atoms with Crippen LogP contribution in [0.3, 0.4) is 0 Å². The molecule has 0 aromatic heterocycles. The summed E-state index contributed by atoms with van der Waals surface area (Å²) in [6, 6.07) is 0. The van der Waals surface area contributed by atoms with Gasteiger partial charge in [0, 0.05) is 26.1 Å². The highest BCUT2D eigenvalue weighted by atomic mass is 32.2. The van der Waals surface area contributed by atoms with Crippen LogP contribution in [0.25, 0.3) is 0 Å². The van der Waals surface area contributed by atoms with Gasteiger partial charge >= 0.3 is 0 Å². The molecule has 3 N–H and O–H groups in total. The molecule has 0 saturated carbocycles. The lowest BCUT2D eigenvalue weighted by molar-refractivity contribution is -0.120. The monoisotopic (exact) mass is 235 g/mol. The van der Waals surface area contributed by atoms with Crippen LogP contribution in [0, 0.1) is 0 Å². The smallest absolute Gasteiger partial charge is 0.221 e. The van der Waals surface area contributed by atoms with Crippen molar-refractivity contribution in [2.24, 2.45) is 5.73 Å². The zero-order valence-electron chi connectivity index (χ0n) is 8.61. The molecule has 1 amide bonds. The summed E-state index contributed by atoms with van der Waals surface area (Å²) < 4.78 is 24.8. The van der Waals surface area contributed by atoms with E-state index < -0.39 is 10.0 Å². The average molecular weight is 235 g/mol. The normalized spacial score (nSPS) is 19.7. The highest BCUT2D eigenvalue weighted by Gasteiger charge is 2.23. The second-order valence-electron chi connectivity index (χ2n) is 3.46. The Balaban J connectivity index is 2.57. The van der Waals surface area contributed by atoms with Crippen LogP contribution in [-0.2, 0) is 14.8 Å². The van der Waals surface area contributed by atoms with E-state index in [1.54, 1.807) is 0 Å². The van der Waals surface area contributed by atoms with Crippen molar-refractivity contribution in [3.63, 3.8) is 0 Å². The molecule has 7 heteroatoms. The van der Waals surface area contributed by atoms with Gasteiger partial charge in [0.25, 0.3) is 0 Å². The molecule has 1 heterocycles. The third-order valence-corrected chi connectivity index (χ3v) is 4.23. The minimum absolute atomic E-state index is 0.0672. The van der Waals surface area contributed by atoms with Gasteiger partial charge in [-0.1, -0.05) is 0 Å². The van der Waals surface area contributed by atoms with E-state index in [0.29, 0.717) is 26.1 Å². The maximum atomic E-state index is 11.7. The van der Waals surface area contributed by atoms with Crippen molar-refractivity contribution in [1.82, 2.24) is 9.62 Å². The van der Waals surface area contributed by atoms with Gasteiger partial charge in [0.15, 0.2) is 0 Å². The minimum Gasteiger partial charge on any atom is -0.355 e. The maximum Gasteiger partial charge on any atom is 0.221 e. The first-order valence-electron chi connectivity index (χ1n) is 5.01. The minimum atomic E-state index is -3.23. The number of nitrogens with two attached hydrogens (primary N) is 1. The number of nitrogens with zero attached hydrogens (tertiary/aromatic N) is 1. The van der Waals surface area contributed by atoms with Crippen molar-refractivity contribution < 1.29 is 13.2 Å². The topological polar surface area (TPSA) is 92.5 Å². The number of rotatable bonds is 4. The molecule has 0 unspecified atom stereocenters.